The highest BCUT2D eigenvalue weighted by molar-refractivity contribution is 5.52. The lowest BCUT2D eigenvalue weighted by atomic mass is 10.2. The zero-order valence-corrected chi connectivity index (χ0v) is 16.1. The average Bonchev–Trinajstić information content (AvgIpc) is 2.76. The third-order valence-corrected chi connectivity index (χ3v) is 5.01. The first kappa shape index (κ1) is 18.3. The second-order valence-corrected chi connectivity index (χ2v) is 7.01. The molecule has 0 aliphatic carbocycles. The SMILES string of the molecule is C(=Cc1ccccc1)CN1CCN(c2cccc(Oc3ccccc3)c2)CC1. The van der Waals surface area contributed by atoms with Crippen LogP contribution in [-0.4, -0.2) is 37.6 Å². The number of nitrogens with zero attached hydrogens (tertiary/aromatic N) is 2. The van der Waals surface area contributed by atoms with Gasteiger partial charge in [0.2, 0.25) is 0 Å². The van der Waals surface area contributed by atoms with Crippen molar-refractivity contribution in [3.05, 3.63) is 96.6 Å². The van der Waals surface area contributed by atoms with Gasteiger partial charge >= 0.3 is 0 Å². The van der Waals surface area contributed by atoms with Gasteiger partial charge in [-0.2, -0.15) is 0 Å². The van der Waals surface area contributed by atoms with Crippen LogP contribution >= 0.6 is 0 Å². The standard InChI is InChI=1S/C25H26N2O/c1-3-9-22(10-4-1)11-8-16-26-17-19-27(20-18-26)23-12-7-15-25(21-23)28-24-13-5-2-6-14-24/h1-15,21H,16-20H2. The van der Waals surface area contributed by atoms with E-state index in [0.29, 0.717) is 0 Å². The Labute approximate surface area is 167 Å². The summed E-state index contributed by atoms with van der Waals surface area (Å²) in [6.07, 6.45) is 4.47. The van der Waals surface area contributed by atoms with Gasteiger partial charge in [0, 0.05) is 44.5 Å². The molecule has 1 aliphatic heterocycles. The van der Waals surface area contributed by atoms with Gasteiger partial charge in [-0.1, -0.05) is 66.7 Å². The van der Waals surface area contributed by atoms with Gasteiger partial charge < -0.3 is 9.64 Å². The summed E-state index contributed by atoms with van der Waals surface area (Å²) in [4.78, 5) is 4.94. The van der Waals surface area contributed by atoms with E-state index in [1.54, 1.807) is 0 Å². The third kappa shape index (κ3) is 5.02. The van der Waals surface area contributed by atoms with E-state index < -0.39 is 0 Å². The normalized spacial score (nSPS) is 15.1. The maximum absolute atomic E-state index is 5.98. The Kier molecular flexibility index (Phi) is 6.05. The number of ether oxygens (including phenoxy) is 1. The van der Waals surface area contributed by atoms with Gasteiger partial charge in [-0.15, -0.1) is 0 Å². The quantitative estimate of drug-likeness (QED) is 0.584. The number of piperazine rings is 1. The lowest BCUT2D eigenvalue weighted by Crippen LogP contribution is -2.46. The minimum absolute atomic E-state index is 0.870. The van der Waals surface area contributed by atoms with Crippen molar-refractivity contribution >= 4 is 11.8 Å². The number of hydrogen-bond acceptors (Lipinski definition) is 3. The Bertz CT molecular complexity index is 885. The number of rotatable bonds is 6. The van der Waals surface area contributed by atoms with E-state index in [9.17, 15) is 0 Å². The molecule has 3 aromatic rings. The Morgan fingerprint density at radius 2 is 1.39 bits per heavy atom. The Hall–Kier alpha value is -3.04. The molecule has 3 nitrogen and oxygen atoms in total. The number of hydrogen-bond donors (Lipinski definition) is 0. The molecule has 0 radical (unpaired) electrons. The van der Waals surface area contributed by atoms with E-state index >= 15 is 0 Å². The molecule has 0 N–H and O–H groups in total. The summed E-state index contributed by atoms with van der Waals surface area (Å²) in [7, 11) is 0. The molecule has 3 aromatic carbocycles. The van der Waals surface area contributed by atoms with E-state index in [-0.39, 0.29) is 0 Å². The van der Waals surface area contributed by atoms with Crippen LogP contribution in [0.3, 0.4) is 0 Å². The molecule has 1 saturated heterocycles. The summed E-state index contributed by atoms with van der Waals surface area (Å²) < 4.78 is 5.98. The summed E-state index contributed by atoms with van der Waals surface area (Å²) in [6.45, 7) is 5.22. The van der Waals surface area contributed by atoms with Crippen LogP contribution in [0.1, 0.15) is 5.56 Å². The summed E-state index contributed by atoms with van der Waals surface area (Å²) in [6, 6.07) is 28.8. The fourth-order valence-corrected chi connectivity index (χ4v) is 3.46. The van der Waals surface area contributed by atoms with Gasteiger partial charge in [-0.25, -0.2) is 0 Å². The Balaban J connectivity index is 1.30. The van der Waals surface area contributed by atoms with Crippen LogP contribution in [-0.2, 0) is 0 Å². The van der Waals surface area contributed by atoms with E-state index in [1.165, 1.54) is 11.3 Å². The molecule has 0 atom stereocenters. The number of benzene rings is 3. The van der Waals surface area contributed by atoms with Gasteiger partial charge in [-0.3, -0.25) is 4.90 Å². The topological polar surface area (TPSA) is 15.7 Å². The maximum Gasteiger partial charge on any atom is 0.129 e. The molecule has 0 spiro atoms. The van der Waals surface area contributed by atoms with Crippen molar-refractivity contribution in [2.24, 2.45) is 0 Å². The van der Waals surface area contributed by atoms with Crippen LogP contribution in [0.25, 0.3) is 6.08 Å². The van der Waals surface area contributed by atoms with Crippen molar-refractivity contribution in [3.63, 3.8) is 0 Å². The molecule has 0 amide bonds. The molecule has 4 rings (SSSR count). The molecule has 0 bridgehead atoms. The van der Waals surface area contributed by atoms with E-state index in [0.717, 1.165) is 44.2 Å². The summed E-state index contributed by atoms with van der Waals surface area (Å²) >= 11 is 0. The van der Waals surface area contributed by atoms with E-state index in [4.69, 9.17) is 4.74 Å². The smallest absolute Gasteiger partial charge is 0.129 e. The van der Waals surface area contributed by atoms with Gasteiger partial charge in [0.05, 0.1) is 0 Å². The number of para-hydroxylation sites is 1. The third-order valence-electron chi connectivity index (χ3n) is 5.01. The summed E-state index contributed by atoms with van der Waals surface area (Å²) in [5.74, 6) is 1.76. The van der Waals surface area contributed by atoms with Gasteiger partial charge in [0.15, 0.2) is 0 Å². The highest BCUT2D eigenvalue weighted by Crippen LogP contribution is 2.26. The van der Waals surface area contributed by atoms with Crippen LogP contribution in [0, 0.1) is 0 Å². The Morgan fingerprint density at radius 1 is 0.714 bits per heavy atom. The van der Waals surface area contributed by atoms with Crippen LogP contribution < -0.4 is 9.64 Å². The predicted molar refractivity (Wildman–Crippen MR) is 117 cm³/mol. The lowest BCUT2D eigenvalue weighted by molar-refractivity contribution is 0.284. The minimum atomic E-state index is 0.870. The van der Waals surface area contributed by atoms with Crippen LogP contribution in [0.4, 0.5) is 5.69 Å². The Morgan fingerprint density at radius 3 is 2.14 bits per heavy atom. The van der Waals surface area contributed by atoms with Crippen molar-refractivity contribution in [3.8, 4) is 11.5 Å². The molecule has 142 valence electrons. The fraction of sp³-hybridized carbons (Fsp3) is 0.200. The van der Waals surface area contributed by atoms with Crippen molar-refractivity contribution in [2.45, 2.75) is 0 Å². The highest BCUT2D eigenvalue weighted by atomic mass is 16.5. The monoisotopic (exact) mass is 370 g/mol. The first-order valence-electron chi connectivity index (χ1n) is 9.89. The molecule has 0 unspecified atom stereocenters. The second-order valence-electron chi connectivity index (χ2n) is 7.01. The molecule has 28 heavy (non-hydrogen) atoms. The molecule has 0 aromatic heterocycles. The van der Waals surface area contributed by atoms with Crippen molar-refractivity contribution in [1.82, 2.24) is 4.90 Å². The van der Waals surface area contributed by atoms with Crippen molar-refractivity contribution in [1.29, 1.82) is 0 Å². The molecule has 1 fully saturated rings. The van der Waals surface area contributed by atoms with Gasteiger partial charge in [-0.05, 0) is 29.8 Å². The molecular weight excluding hydrogens is 344 g/mol. The second kappa shape index (κ2) is 9.25. The minimum Gasteiger partial charge on any atom is -0.457 e. The van der Waals surface area contributed by atoms with Crippen molar-refractivity contribution in [2.75, 3.05) is 37.6 Å². The van der Waals surface area contributed by atoms with Crippen molar-refractivity contribution < 1.29 is 4.74 Å². The summed E-state index contributed by atoms with van der Waals surface area (Å²) in [5.41, 5.74) is 2.49. The first-order valence-corrected chi connectivity index (χ1v) is 9.89. The zero-order chi connectivity index (χ0) is 19.0. The highest BCUT2D eigenvalue weighted by Gasteiger charge is 2.16. The van der Waals surface area contributed by atoms with E-state index in [1.807, 2.05) is 36.4 Å². The average molecular weight is 370 g/mol. The fourth-order valence-electron chi connectivity index (χ4n) is 3.46. The predicted octanol–water partition coefficient (Wildman–Crippen LogP) is 5.31. The van der Waals surface area contributed by atoms with Crippen LogP contribution in [0.15, 0.2) is 91.0 Å². The zero-order valence-electron chi connectivity index (χ0n) is 16.1. The summed E-state index contributed by atoms with van der Waals surface area (Å²) in [5, 5.41) is 0. The molecule has 3 heteroatoms. The van der Waals surface area contributed by atoms with Crippen LogP contribution in [0.5, 0.6) is 11.5 Å². The van der Waals surface area contributed by atoms with Crippen LogP contribution in [0.2, 0.25) is 0 Å². The maximum atomic E-state index is 5.98. The molecule has 1 aliphatic rings. The van der Waals surface area contributed by atoms with E-state index in [2.05, 4.69) is 70.5 Å². The van der Waals surface area contributed by atoms with Gasteiger partial charge in [0.25, 0.3) is 0 Å². The molecular formula is C25H26N2O. The largest absolute Gasteiger partial charge is 0.457 e. The first-order chi connectivity index (χ1) is 13.9. The molecule has 1 heterocycles. The number of anilines is 1. The molecule has 0 saturated carbocycles. The van der Waals surface area contributed by atoms with Gasteiger partial charge in [0.1, 0.15) is 11.5 Å². The lowest BCUT2D eigenvalue weighted by Gasteiger charge is -2.35.